The summed E-state index contributed by atoms with van der Waals surface area (Å²) in [5.41, 5.74) is -2.97. The molecule has 0 bridgehead atoms. The number of hydrogen-bond donors (Lipinski definition) is 0. The van der Waals surface area contributed by atoms with Crippen LogP contribution in [0.4, 0.5) is 30.7 Å². The van der Waals surface area contributed by atoms with Gasteiger partial charge in [-0.05, 0) is 30.7 Å². The average Bonchev–Trinajstić information content (AvgIpc) is 2.53. The zero-order chi connectivity index (χ0) is 20.6. The first-order chi connectivity index (χ1) is 12.2. The second-order valence-electron chi connectivity index (χ2n) is 5.49. The lowest BCUT2D eigenvalue weighted by molar-refractivity contribution is -0.199. The van der Waals surface area contributed by atoms with Gasteiger partial charge in [0.05, 0.1) is 5.56 Å². The fourth-order valence-corrected chi connectivity index (χ4v) is 3.45. The Morgan fingerprint density at radius 3 is 2.11 bits per heavy atom. The van der Waals surface area contributed by atoms with Crippen LogP contribution in [0.5, 0.6) is 0 Å². The molecule has 2 rings (SSSR count). The monoisotopic (exact) mass is 416 g/mol. The van der Waals surface area contributed by atoms with Crippen molar-refractivity contribution in [1.29, 1.82) is 0 Å². The molecular weight excluding hydrogens is 405 g/mol. The molecule has 0 fully saturated rings. The van der Waals surface area contributed by atoms with Gasteiger partial charge < -0.3 is 0 Å². The SMILES string of the molecule is Cc1ccc(F)c(S(=O)(=O)O[C@@H](c2ccccc2C(F)(F)F)C(F)(F)F)c1. The maximum atomic E-state index is 13.8. The van der Waals surface area contributed by atoms with Crippen molar-refractivity contribution in [2.24, 2.45) is 0 Å². The highest BCUT2D eigenvalue weighted by Gasteiger charge is 2.49. The van der Waals surface area contributed by atoms with Crippen molar-refractivity contribution in [3.63, 3.8) is 0 Å². The molecule has 0 radical (unpaired) electrons. The van der Waals surface area contributed by atoms with Crippen LogP contribution in [0.3, 0.4) is 0 Å². The topological polar surface area (TPSA) is 43.4 Å². The van der Waals surface area contributed by atoms with E-state index in [1.807, 2.05) is 0 Å². The Balaban J connectivity index is 2.60. The van der Waals surface area contributed by atoms with Gasteiger partial charge in [0.15, 0.2) is 6.10 Å². The smallest absolute Gasteiger partial charge is 0.248 e. The van der Waals surface area contributed by atoms with Crippen LogP contribution in [0, 0.1) is 12.7 Å². The van der Waals surface area contributed by atoms with Crippen LogP contribution in [0.2, 0.25) is 0 Å². The van der Waals surface area contributed by atoms with Crippen molar-refractivity contribution in [1.82, 2.24) is 0 Å². The summed E-state index contributed by atoms with van der Waals surface area (Å²) in [6, 6.07) is 5.08. The molecule has 3 nitrogen and oxygen atoms in total. The van der Waals surface area contributed by atoms with E-state index in [-0.39, 0.29) is 5.56 Å². The van der Waals surface area contributed by atoms with Crippen molar-refractivity contribution in [3.8, 4) is 0 Å². The zero-order valence-electron chi connectivity index (χ0n) is 13.4. The second-order valence-corrected chi connectivity index (χ2v) is 7.03. The molecule has 27 heavy (non-hydrogen) atoms. The molecule has 0 aromatic heterocycles. The van der Waals surface area contributed by atoms with Gasteiger partial charge in [-0.25, -0.2) is 8.57 Å². The minimum Gasteiger partial charge on any atom is -0.248 e. The Morgan fingerprint density at radius 2 is 1.56 bits per heavy atom. The van der Waals surface area contributed by atoms with Crippen LogP contribution in [0.1, 0.15) is 22.8 Å². The molecular formula is C16H11F7O3S. The van der Waals surface area contributed by atoms with Crippen LogP contribution >= 0.6 is 0 Å². The normalized spacial score (nSPS) is 14.2. The molecule has 2 aromatic rings. The Labute approximate surface area is 149 Å². The van der Waals surface area contributed by atoms with Crippen LogP contribution in [-0.4, -0.2) is 14.6 Å². The summed E-state index contributed by atoms with van der Waals surface area (Å²) in [6.45, 7) is 1.35. The minimum atomic E-state index is -5.52. The largest absolute Gasteiger partial charge is 0.420 e. The number of hydrogen-bond acceptors (Lipinski definition) is 3. The Kier molecular flexibility index (Phi) is 5.58. The molecule has 0 N–H and O–H groups in total. The summed E-state index contributed by atoms with van der Waals surface area (Å²) < 4.78 is 121. The van der Waals surface area contributed by atoms with E-state index in [0.717, 1.165) is 18.2 Å². The van der Waals surface area contributed by atoms with E-state index in [2.05, 4.69) is 4.18 Å². The lowest BCUT2D eigenvalue weighted by Crippen LogP contribution is -2.29. The lowest BCUT2D eigenvalue weighted by atomic mass is 10.0. The Morgan fingerprint density at radius 1 is 0.963 bits per heavy atom. The van der Waals surface area contributed by atoms with Crippen LogP contribution in [0.25, 0.3) is 0 Å². The predicted octanol–water partition coefficient (Wildman–Crippen LogP) is 5.16. The van der Waals surface area contributed by atoms with E-state index in [0.29, 0.717) is 24.3 Å². The van der Waals surface area contributed by atoms with E-state index in [1.165, 1.54) is 6.92 Å². The summed E-state index contributed by atoms with van der Waals surface area (Å²) in [6.07, 6.45) is -14.2. The highest BCUT2D eigenvalue weighted by Crippen LogP contribution is 2.43. The van der Waals surface area contributed by atoms with E-state index < -0.39 is 50.4 Å². The fourth-order valence-electron chi connectivity index (χ4n) is 2.25. The molecule has 0 unspecified atom stereocenters. The van der Waals surface area contributed by atoms with Crippen molar-refractivity contribution >= 4 is 10.1 Å². The number of alkyl halides is 6. The van der Waals surface area contributed by atoms with Gasteiger partial charge in [-0.2, -0.15) is 34.8 Å². The first-order valence-electron chi connectivity index (χ1n) is 7.16. The first-order valence-corrected chi connectivity index (χ1v) is 8.56. The molecule has 0 spiro atoms. The Hall–Kier alpha value is -2.14. The predicted molar refractivity (Wildman–Crippen MR) is 79.6 cm³/mol. The molecule has 2 aromatic carbocycles. The Bertz CT molecular complexity index is 934. The standard InChI is InChI=1S/C16H11F7O3S/c1-9-6-7-12(17)13(8-9)27(24,25)26-14(16(21,22)23)10-4-2-3-5-11(10)15(18,19)20/h2-8,14H,1H3/t14-/m0/s1. The third kappa shape index (κ3) is 4.78. The van der Waals surface area contributed by atoms with E-state index in [9.17, 15) is 39.2 Å². The molecule has 1 atom stereocenters. The molecule has 148 valence electrons. The third-order valence-corrected chi connectivity index (χ3v) is 4.72. The average molecular weight is 416 g/mol. The molecule has 0 saturated carbocycles. The first kappa shape index (κ1) is 21.2. The molecule has 11 heteroatoms. The molecule has 0 aliphatic carbocycles. The third-order valence-electron chi connectivity index (χ3n) is 3.42. The van der Waals surface area contributed by atoms with Crippen molar-refractivity contribution in [2.45, 2.75) is 30.3 Å². The molecule has 0 saturated heterocycles. The van der Waals surface area contributed by atoms with Crippen molar-refractivity contribution < 1.29 is 43.3 Å². The van der Waals surface area contributed by atoms with Crippen molar-refractivity contribution in [3.05, 3.63) is 65.0 Å². The zero-order valence-corrected chi connectivity index (χ0v) is 14.2. The van der Waals surface area contributed by atoms with Gasteiger partial charge in [0.2, 0.25) is 0 Å². The minimum absolute atomic E-state index is 0.192. The van der Waals surface area contributed by atoms with Crippen molar-refractivity contribution in [2.75, 3.05) is 0 Å². The quantitative estimate of drug-likeness (QED) is 0.511. The number of benzene rings is 2. The summed E-state index contributed by atoms with van der Waals surface area (Å²) in [5, 5.41) is 0. The lowest BCUT2D eigenvalue weighted by Gasteiger charge is -2.24. The molecule has 0 aliphatic heterocycles. The van der Waals surface area contributed by atoms with E-state index >= 15 is 0 Å². The van der Waals surface area contributed by atoms with Crippen LogP contribution in [-0.2, 0) is 20.5 Å². The molecule has 0 heterocycles. The fraction of sp³-hybridized carbons (Fsp3) is 0.250. The summed E-state index contributed by atoms with van der Waals surface area (Å²) in [4.78, 5) is -1.21. The molecule has 0 amide bonds. The maximum Gasteiger partial charge on any atom is 0.420 e. The number of halogens is 7. The number of aryl methyl sites for hydroxylation is 1. The molecule has 0 aliphatic rings. The van der Waals surface area contributed by atoms with Crippen LogP contribution < -0.4 is 0 Å². The maximum absolute atomic E-state index is 13.8. The van der Waals surface area contributed by atoms with Gasteiger partial charge in [0, 0.05) is 5.56 Å². The summed E-state index contributed by atoms with van der Waals surface area (Å²) in [7, 11) is -5.37. The van der Waals surface area contributed by atoms with E-state index in [1.54, 1.807) is 0 Å². The highest BCUT2D eigenvalue weighted by molar-refractivity contribution is 7.86. The van der Waals surface area contributed by atoms with Gasteiger partial charge in [0.25, 0.3) is 0 Å². The summed E-state index contributed by atoms with van der Waals surface area (Å²) in [5.74, 6) is -1.40. The highest BCUT2D eigenvalue weighted by atomic mass is 32.2. The van der Waals surface area contributed by atoms with Gasteiger partial charge in [-0.3, -0.25) is 0 Å². The van der Waals surface area contributed by atoms with Gasteiger partial charge in [-0.15, -0.1) is 0 Å². The second kappa shape index (κ2) is 7.12. The van der Waals surface area contributed by atoms with E-state index in [4.69, 9.17) is 0 Å². The summed E-state index contributed by atoms with van der Waals surface area (Å²) >= 11 is 0. The van der Waals surface area contributed by atoms with Gasteiger partial charge >= 0.3 is 22.5 Å². The van der Waals surface area contributed by atoms with Gasteiger partial charge in [0.1, 0.15) is 10.7 Å². The number of rotatable bonds is 4. The van der Waals surface area contributed by atoms with Crippen LogP contribution in [0.15, 0.2) is 47.4 Å². The van der Waals surface area contributed by atoms with Gasteiger partial charge in [-0.1, -0.05) is 24.3 Å².